The molecule has 1 heterocycles. The lowest BCUT2D eigenvalue weighted by Crippen LogP contribution is -2.39. The smallest absolute Gasteiger partial charge is 0.129 e. The maximum Gasteiger partial charge on any atom is 0.129 e. The van der Waals surface area contributed by atoms with E-state index in [-0.39, 0.29) is 5.56 Å². The van der Waals surface area contributed by atoms with Crippen molar-refractivity contribution in [3.63, 3.8) is 0 Å². The Labute approximate surface area is 121 Å². The van der Waals surface area contributed by atoms with Crippen molar-refractivity contribution in [2.45, 2.75) is 40.0 Å². The van der Waals surface area contributed by atoms with Gasteiger partial charge in [0.15, 0.2) is 0 Å². The van der Waals surface area contributed by atoms with Crippen molar-refractivity contribution < 1.29 is 8.78 Å². The molecule has 0 aliphatic carbocycles. The topological polar surface area (TPSA) is 3.24 Å². The first-order chi connectivity index (χ1) is 9.38. The van der Waals surface area contributed by atoms with Crippen LogP contribution >= 0.6 is 0 Å². The molecule has 1 nitrogen and oxygen atoms in total. The average molecular weight is 281 g/mol. The third kappa shape index (κ3) is 3.78. The summed E-state index contributed by atoms with van der Waals surface area (Å²) in [7, 11) is 0. The summed E-state index contributed by atoms with van der Waals surface area (Å²) in [5, 5.41) is 0. The number of halogens is 2. The van der Waals surface area contributed by atoms with Crippen molar-refractivity contribution in [1.82, 2.24) is 4.90 Å². The van der Waals surface area contributed by atoms with Gasteiger partial charge in [0.1, 0.15) is 11.6 Å². The molecule has 20 heavy (non-hydrogen) atoms. The fourth-order valence-corrected chi connectivity index (χ4v) is 3.06. The van der Waals surface area contributed by atoms with E-state index in [4.69, 9.17) is 0 Å². The highest BCUT2D eigenvalue weighted by Gasteiger charge is 2.28. The second kappa shape index (κ2) is 6.21. The highest BCUT2D eigenvalue weighted by molar-refractivity contribution is 5.19. The zero-order valence-corrected chi connectivity index (χ0v) is 12.8. The molecule has 1 aliphatic rings. The van der Waals surface area contributed by atoms with Crippen molar-refractivity contribution >= 4 is 0 Å². The van der Waals surface area contributed by atoms with Crippen LogP contribution in [0.4, 0.5) is 8.78 Å². The van der Waals surface area contributed by atoms with Crippen molar-refractivity contribution in [2.75, 3.05) is 19.6 Å². The molecule has 112 valence electrons. The van der Waals surface area contributed by atoms with E-state index in [0.717, 1.165) is 25.6 Å². The molecule has 0 spiro atoms. The summed E-state index contributed by atoms with van der Waals surface area (Å²) < 4.78 is 27.1. The Kier molecular flexibility index (Phi) is 4.79. The van der Waals surface area contributed by atoms with Gasteiger partial charge in [0, 0.05) is 12.1 Å². The van der Waals surface area contributed by atoms with Gasteiger partial charge < -0.3 is 4.90 Å². The van der Waals surface area contributed by atoms with Crippen LogP contribution in [0.3, 0.4) is 0 Å². The Morgan fingerprint density at radius 2 is 1.65 bits per heavy atom. The average Bonchev–Trinajstić information content (AvgIpc) is 2.37. The Balaban J connectivity index is 1.85. The minimum atomic E-state index is -0.422. The third-order valence-electron chi connectivity index (χ3n) is 4.55. The van der Waals surface area contributed by atoms with E-state index in [2.05, 4.69) is 25.7 Å². The molecule has 3 heteroatoms. The third-order valence-corrected chi connectivity index (χ3v) is 4.55. The summed E-state index contributed by atoms with van der Waals surface area (Å²) in [6.07, 6.45) is 2.82. The normalized spacial score (nSPS) is 18.4. The zero-order chi connectivity index (χ0) is 14.8. The number of piperidine rings is 1. The summed E-state index contributed by atoms with van der Waals surface area (Å²) in [6, 6.07) is 4.09. The van der Waals surface area contributed by atoms with Gasteiger partial charge in [0.05, 0.1) is 0 Å². The fraction of sp³-hybridized carbons (Fsp3) is 0.647. The monoisotopic (exact) mass is 281 g/mol. The summed E-state index contributed by atoms with van der Waals surface area (Å²) in [5.41, 5.74) is 0.592. The molecule has 0 unspecified atom stereocenters. The van der Waals surface area contributed by atoms with Gasteiger partial charge >= 0.3 is 0 Å². The van der Waals surface area contributed by atoms with Gasteiger partial charge in [-0.05, 0) is 55.8 Å². The molecule has 0 bridgehead atoms. The Morgan fingerprint density at radius 3 is 2.15 bits per heavy atom. The lowest BCUT2D eigenvalue weighted by atomic mass is 9.75. The minimum Gasteiger partial charge on any atom is -0.303 e. The maximum atomic E-state index is 13.6. The molecular weight excluding hydrogens is 256 g/mol. The second-order valence-electron chi connectivity index (χ2n) is 6.93. The molecule has 0 amide bonds. The molecule has 1 aromatic rings. The zero-order valence-electron chi connectivity index (χ0n) is 12.8. The maximum absolute atomic E-state index is 13.6. The Morgan fingerprint density at radius 1 is 1.10 bits per heavy atom. The van der Waals surface area contributed by atoms with E-state index in [0.29, 0.717) is 11.8 Å². The molecular formula is C17H25F2N. The van der Waals surface area contributed by atoms with Gasteiger partial charge in [-0.3, -0.25) is 0 Å². The van der Waals surface area contributed by atoms with Crippen LogP contribution in [0.2, 0.25) is 0 Å². The van der Waals surface area contributed by atoms with Gasteiger partial charge in [-0.1, -0.05) is 26.8 Å². The predicted octanol–water partition coefficient (Wildman–Crippen LogP) is 4.27. The first kappa shape index (κ1) is 15.4. The summed E-state index contributed by atoms with van der Waals surface area (Å²) in [4.78, 5) is 2.33. The van der Waals surface area contributed by atoms with Crippen molar-refractivity contribution in [1.29, 1.82) is 0 Å². The van der Waals surface area contributed by atoms with Crippen LogP contribution in [0, 0.1) is 23.0 Å². The minimum absolute atomic E-state index is 0.227. The van der Waals surface area contributed by atoms with Gasteiger partial charge in [-0.2, -0.15) is 0 Å². The van der Waals surface area contributed by atoms with E-state index in [1.165, 1.54) is 31.0 Å². The summed E-state index contributed by atoms with van der Waals surface area (Å²) in [5.74, 6) is -0.0897. The molecule has 2 rings (SSSR count). The Hall–Kier alpha value is -0.960. The van der Waals surface area contributed by atoms with E-state index in [1.54, 1.807) is 0 Å². The van der Waals surface area contributed by atoms with Crippen molar-refractivity contribution in [2.24, 2.45) is 11.3 Å². The number of hydrogen-bond acceptors (Lipinski definition) is 1. The summed E-state index contributed by atoms with van der Waals surface area (Å²) >= 11 is 0. The standard InChI is InChI=1S/C17H25F2N/c1-17(2,3)13-7-10-20(11-8-13)12-9-14-15(18)5-4-6-16(14)19/h4-6,13H,7-12H2,1-3H3. The SMILES string of the molecule is CC(C)(C)C1CCN(CCc2c(F)cccc2F)CC1. The fourth-order valence-electron chi connectivity index (χ4n) is 3.06. The molecule has 0 aromatic heterocycles. The molecule has 0 atom stereocenters. The largest absolute Gasteiger partial charge is 0.303 e. The van der Waals surface area contributed by atoms with Gasteiger partial charge in [0.2, 0.25) is 0 Å². The van der Waals surface area contributed by atoms with Crippen LogP contribution in [0.1, 0.15) is 39.2 Å². The van der Waals surface area contributed by atoms with Crippen molar-refractivity contribution in [3.8, 4) is 0 Å². The quantitative estimate of drug-likeness (QED) is 0.800. The van der Waals surface area contributed by atoms with Crippen LogP contribution in [0.25, 0.3) is 0 Å². The van der Waals surface area contributed by atoms with Crippen LogP contribution in [-0.2, 0) is 6.42 Å². The predicted molar refractivity (Wildman–Crippen MR) is 78.7 cm³/mol. The summed E-state index contributed by atoms with van der Waals surface area (Å²) in [6.45, 7) is 9.71. The van der Waals surface area contributed by atoms with Gasteiger partial charge in [-0.25, -0.2) is 8.78 Å². The van der Waals surface area contributed by atoms with Gasteiger partial charge in [0.25, 0.3) is 0 Å². The van der Waals surface area contributed by atoms with Crippen LogP contribution < -0.4 is 0 Å². The van der Waals surface area contributed by atoms with Crippen LogP contribution in [0.5, 0.6) is 0 Å². The molecule has 0 N–H and O–H groups in total. The van der Waals surface area contributed by atoms with E-state index >= 15 is 0 Å². The molecule has 0 saturated carbocycles. The number of nitrogens with zero attached hydrogens (tertiary/aromatic N) is 1. The molecule has 1 aromatic carbocycles. The molecule has 1 saturated heterocycles. The van der Waals surface area contributed by atoms with E-state index in [9.17, 15) is 8.78 Å². The van der Waals surface area contributed by atoms with E-state index < -0.39 is 11.6 Å². The van der Waals surface area contributed by atoms with Crippen LogP contribution in [0.15, 0.2) is 18.2 Å². The highest BCUT2D eigenvalue weighted by Crippen LogP contribution is 2.34. The number of hydrogen-bond donors (Lipinski definition) is 0. The lowest BCUT2D eigenvalue weighted by molar-refractivity contribution is 0.113. The molecule has 0 radical (unpaired) electrons. The Bertz CT molecular complexity index is 423. The number of likely N-dealkylation sites (tertiary alicyclic amines) is 1. The van der Waals surface area contributed by atoms with Crippen molar-refractivity contribution in [3.05, 3.63) is 35.4 Å². The number of benzene rings is 1. The second-order valence-corrected chi connectivity index (χ2v) is 6.93. The number of rotatable bonds is 3. The van der Waals surface area contributed by atoms with Crippen LogP contribution in [-0.4, -0.2) is 24.5 Å². The van der Waals surface area contributed by atoms with E-state index in [1.807, 2.05) is 0 Å². The molecule has 1 aliphatic heterocycles. The first-order valence-electron chi connectivity index (χ1n) is 7.53. The molecule has 1 fully saturated rings. The first-order valence-corrected chi connectivity index (χ1v) is 7.53. The lowest BCUT2D eigenvalue weighted by Gasteiger charge is -2.38. The van der Waals surface area contributed by atoms with Gasteiger partial charge in [-0.15, -0.1) is 0 Å². The highest BCUT2D eigenvalue weighted by atomic mass is 19.1.